The summed E-state index contributed by atoms with van der Waals surface area (Å²) in [5.41, 5.74) is -5.58. The molecular weight excluding hydrogens is 661 g/mol. The standard InChI is InChI=1S/C30H14BrCl3F6/c31-16-6-11-21(24(37)12-16)29(15-4-2-1-3-5-15)26(20-9-7-17(32)13-23(20)36)25(27(38)28(39)30(29,34)40)19-10-8-18(35)14-22(19)33/h1-14H. The highest BCUT2D eigenvalue weighted by Crippen LogP contribution is 2.65. The SMILES string of the molecule is FC1=C(F)C(F)(Cl)C(c2ccccc2)(c2ccc(Br)cc2F)C(c2ccc(Cl)cc2F)=C1c1ccc(F)cc1Cl. The minimum atomic E-state index is -3.84. The van der Waals surface area contributed by atoms with Crippen LogP contribution < -0.4 is 0 Å². The van der Waals surface area contributed by atoms with Gasteiger partial charge in [0.25, 0.3) is 5.13 Å². The molecule has 2 unspecified atom stereocenters. The van der Waals surface area contributed by atoms with Gasteiger partial charge in [0.2, 0.25) is 0 Å². The zero-order chi connectivity index (χ0) is 29.0. The summed E-state index contributed by atoms with van der Waals surface area (Å²) in [6.07, 6.45) is 0. The van der Waals surface area contributed by atoms with Gasteiger partial charge in [-0.2, -0.15) is 0 Å². The van der Waals surface area contributed by atoms with E-state index in [9.17, 15) is 4.39 Å². The van der Waals surface area contributed by atoms with Gasteiger partial charge in [-0.3, -0.25) is 0 Å². The Morgan fingerprint density at radius 3 is 2.00 bits per heavy atom. The van der Waals surface area contributed by atoms with E-state index in [1.165, 1.54) is 36.4 Å². The summed E-state index contributed by atoms with van der Waals surface area (Å²) >= 11 is 21.8. The van der Waals surface area contributed by atoms with Crippen LogP contribution in [0.1, 0.15) is 22.3 Å². The third-order valence-electron chi connectivity index (χ3n) is 6.73. The summed E-state index contributed by atoms with van der Waals surface area (Å²) in [6, 6.07) is 16.6. The maximum absolute atomic E-state index is 17.1. The van der Waals surface area contributed by atoms with Crippen molar-refractivity contribution in [1.82, 2.24) is 0 Å². The maximum Gasteiger partial charge on any atom is 0.255 e. The van der Waals surface area contributed by atoms with Gasteiger partial charge in [-0.15, -0.1) is 0 Å². The zero-order valence-electron chi connectivity index (χ0n) is 19.9. The van der Waals surface area contributed by atoms with E-state index in [1.54, 1.807) is 6.07 Å². The van der Waals surface area contributed by atoms with Crippen molar-refractivity contribution in [2.24, 2.45) is 0 Å². The Morgan fingerprint density at radius 1 is 0.700 bits per heavy atom. The summed E-state index contributed by atoms with van der Waals surface area (Å²) in [5.74, 6) is -6.86. The van der Waals surface area contributed by atoms with Crippen molar-refractivity contribution in [2.75, 3.05) is 0 Å². The first-order valence-corrected chi connectivity index (χ1v) is 13.4. The quantitative estimate of drug-likeness (QED) is 0.149. The van der Waals surface area contributed by atoms with Crippen molar-refractivity contribution < 1.29 is 26.3 Å². The molecule has 0 spiro atoms. The van der Waals surface area contributed by atoms with Crippen molar-refractivity contribution in [3.05, 3.63) is 151 Å². The summed E-state index contributed by atoms with van der Waals surface area (Å²) in [7, 11) is 0. The highest BCUT2D eigenvalue weighted by Gasteiger charge is 2.65. The van der Waals surface area contributed by atoms with E-state index in [0.717, 1.165) is 42.5 Å². The lowest BCUT2D eigenvalue weighted by Crippen LogP contribution is -2.50. The van der Waals surface area contributed by atoms with Gasteiger partial charge >= 0.3 is 0 Å². The first-order valence-electron chi connectivity index (χ1n) is 11.5. The van der Waals surface area contributed by atoms with Crippen LogP contribution in [0.5, 0.6) is 0 Å². The first kappa shape index (κ1) is 28.8. The molecule has 1 aliphatic carbocycles. The smallest absolute Gasteiger partial charge is 0.216 e. The van der Waals surface area contributed by atoms with Crippen LogP contribution in [-0.2, 0) is 5.41 Å². The van der Waals surface area contributed by atoms with E-state index >= 15 is 22.0 Å². The molecule has 0 heterocycles. The number of benzene rings is 4. The van der Waals surface area contributed by atoms with Crippen molar-refractivity contribution in [3.8, 4) is 0 Å². The number of allylic oxidation sites excluding steroid dienone is 4. The predicted molar refractivity (Wildman–Crippen MR) is 150 cm³/mol. The van der Waals surface area contributed by atoms with Crippen LogP contribution in [0.4, 0.5) is 26.3 Å². The third kappa shape index (κ3) is 4.38. The fourth-order valence-electron chi connectivity index (χ4n) is 5.11. The zero-order valence-corrected chi connectivity index (χ0v) is 23.7. The second-order valence-electron chi connectivity index (χ2n) is 8.94. The number of rotatable bonds is 4. The third-order valence-corrected chi connectivity index (χ3v) is 8.22. The number of hydrogen-bond donors (Lipinski definition) is 0. The van der Waals surface area contributed by atoms with E-state index in [0.29, 0.717) is 0 Å². The van der Waals surface area contributed by atoms with Gasteiger partial charge in [-0.05, 0) is 53.6 Å². The Labute approximate surface area is 248 Å². The predicted octanol–water partition coefficient (Wildman–Crippen LogP) is 11.1. The number of alkyl halides is 2. The topological polar surface area (TPSA) is 0 Å². The largest absolute Gasteiger partial charge is 0.255 e. The summed E-state index contributed by atoms with van der Waals surface area (Å²) < 4.78 is 95.3. The average molecular weight is 675 g/mol. The average Bonchev–Trinajstić information content (AvgIpc) is 2.90. The van der Waals surface area contributed by atoms with Gasteiger partial charge in [0.1, 0.15) is 22.9 Å². The number of hydrogen-bond acceptors (Lipinski definition) is 0. The minimum absolute atomic E-state index is 0.0567. The van der Waals surface area contributed by atoms with Crippen LogP contribution in [-0.4, -0.2) is 5.13 Å². The maximum atomic E-state index is 17.1. The second-order valence-corrected chi connectivity index (χ2v) is 11.2. The molecule has 10 heteroatoms. The van der Waals surface area contributed by atoms with E-state index in [1.807, 2.05) is 0 Å². The minimum Gasteiger partial charge on any atom is -0.216 e. The van der Waals surface area contributed by atoms with Gasteiger partial charge in [-0.1, -0.05) is 93.2 Å². The van der Waals surface area contributed by atoms with Gasteiger partial charge < -0.3 is 0 Å². The van der Waals surface area contributed by atoms with Gasteiger partial charge in [0, 0.05) is 31.8 Å². The molecule has 0 aromatic heterocycles. The molecule has 0 radical (unpaired) electrons. The van der Waals surface area contributed by atoms with Gasteiger partial charge in [-0.25, -0.2) is 26.3 Å². The Balaban J connectivity index is 2.12. The molecule has 4 aromatic rings. The van der Waals surface area contributed by atoms with Crippen molar-refractivity contribution in [1.29, 1.82) is 0 Å². The molecule has 5 rings (SSSR count). The molecule has 0 nitrogen and oxygen atoms in total. The second kappa shape index (κ2) is 10.6. The molecule has 40 heavy (non-hydrogen) atoms. The van der Waals surface area contributed by atoms with Crippen molar-refractivity contribution in [2.45, 2.75) is 10.5 Å². The van der Waals surface area contributed by atoms with Crippen LogP contribution in [0.2, 0.25) is 10.0 Å². The molecule has 2 atom stereocenters. The van der Waals surface area contributed by atoms with E-state index in [4.69, 9.17) is 34.8 Å². The molecule has 0 saturated carbocycles. The monoisotopic (exact) mass is 672 g/mol. The van der Waals surface area contributed by atoms with Crippen LogP contribution in [0.15, 0.2) is 101 Å². The summed E-state index contributed by atoms with van der Waals surface area (Å²) in [4.78, 5) is 0. The Morgan fingerprint density at radius 2 is 1.38 bits per heavy atom. The molecule has 1 aliphatic rings. The normalized spacial score (nSPS) is 21.2. The van der Waals surface area contributed by atoms with Crippen LogP contribution in [0.25, 0.3) is 11.1 Å². The molecule has 204 valence electrons. The molecule has 0 saturated heterocycles. The first-order chi connectivity index (χ1) is 18.9. The fraction of sp³-hybridized carbons (Fsp3) is 0.0667. The summed E-state index contributed by atoms with van der Waals surface area (Å²) in [6.45, 7) is 0. The highest BCUT2D eigenvalue weighted by molar-refractivity contribution is 9.10. The van der Waals surface area contributed by atoms with E-state index < -0.39 is 66.9 Å². The van der Waals surface area contributed by atoms with Crippen LogP contribution >= 0.6 is 50.7 Å². The van der Waals surface area contributed by atoms with Crippen molar-refractivity contribution >= 4 is 61.9 Å². The lowest BCUT2D eigenvalue weighted by molar-refractivity contribution is 0.201. The molecular formula is C30H14BrCl3F6. The Kier molecular flexibility index (Phi) is 7.64. The lowest BCUT2D eigenvalue weighted by atomic mass is 9.59. The Bertz CT molecular complexity index is 1720. The molecule has 0 amide bonds. The van der Waals surface area contributed by atoms with E-state index in [2.05, 4.69) is 15.9 Å². The number of halogens is 10. The van der Waals surface area contributed by atoms with Gasteiger partial charge in [0.15, 0.2) is 11.7 Å². The fourth-order valence-corrected chi connectivity index (χ4v) is 6.25. The van der Waals surface area contributed by atoms with Gasteiger partial charge in [0.05, 0.1) is 5.02 Å². The summed E-state index contributed by atoms with van der Waals surface area (Å²) in [5, 5.41) is -4.30. The van der Waals surface area contributed by atoms with Crippen molar-refractivity contribution in [3.63, 3.8) is 0 Å². The highest BCUT2D eigenvalue weighted by atomic mass is 79.9. The molecule has 4 aromatic carbocycles. The van der Waals surface area contributed by atoms with E-state index in [-0.39, 0.29) is 20.6 Å². The van der Waals surface area contributed by atoms with Crippen LogP contribution in [0, 0.1) is 17.5 Å². The van der Waals surface area contributed by atoms with Crippen LogP contribution in [0.3, 0.4) is 0 Å². The molecule has 0 fully saturated rings. The molecule has 0 bridgehead atoms. The lowest BCUT2D eigenvalue weighted by Gasteiger charge is -2.47. The Hall–Kier alpha value is -2.71. The molecule has 0 aliphatic heterocycles. The molecule has 0 N–H and O–H groups in total.